The molecule has 4 nitrogen and oxygen atoms in total. The Morgan fingerprint density at radius 1 is 0.731 bits per heavy atom. The second-order valence-corrected chi connectivity index (χ2v) is 6.11. The number of hydrogen-bond donors (Lipinski definition) is 0. The fraction of sp³-hybridized carbons (Fsp3) is 0.0909. The fourth-order valence-corrected chi connectivity index (χ4v) is 3.27. The average Bonchev–Trinajstić information content (AvgIpc) is 3.06. The van der Waals surface area contributed by atoms with Crippen LogP contribution in [-0.2, 0) is 4.74 Å². The molecule has 1 aliphatic rings. The summed E-state index contributed by atoms with van der Waals surface area (Å²) in [5.41, 5.74) is 2.17. The molecular weight excluding hydrogens is 326 g/mol. The van der Waals surface area contributed by atoms with Crippen molar-refractivity contribution < 1.29 is 14.3 Å². The smallest absolute Gasteiger partial charge is 0.418 e. The summed E-state index contributed by atoms with van der Waals surface area (Å²) in [5.74, 6) is -0.358. The Kier molecular flexibility index (Phi) is 4.23. The van der Waals surface area contributed by atoms with Crippen LogP contribution in [0, 0.1) is 0 Å². The molecule has 2 atom stereocenters. The topological polar surface area (TPSA) is 46.6 Å². The first kappa shape index (κ1) is 16.1. The number of benzene rings is 3. The minimum Gasteiger partial charge on any atom is -0.438 e. The van der Waals surface area contributed by atoms with Gasteiger partial charge in [-0.05, 0) is 23.3 Å². The van der Waals surface area contributed by atoms with Crippen molar-refractivity contribution in [3.63, 3.8) is 0 Å². The molecule has 3 aromatic rings. The Hall–Kier alpha value is -3.40. The van der Waals surface area contributed by atoms with Crippen molar-refractivity contribution in [3.05, 3.63) is 108 Å². The van der Waals surface area contributed by atoms with Gasteiger partial charge >= 0.3 is 6.09 Å². The molecule has 26 heavy (non-hydrogen) atoms. The van der Waals surface area contributed by atoms with Crippen LogP contribution >= 0.6 is 0 Å². The van der Waals surface area contributed by atoms with E-state index in [4.69, 9.17) is 4.74 Å². The SMILES string of the molecule is O=C1OC(c2ccccc2)C(c2ccccc2)N1C(=O)c1ccccc1. The Labute approximate surface area is 151 Å². The van der Waals surface area contributed by atoms with Gasteiger partial charge in [-0.2, -0.15) is 0 Å². The zero-order chi connectivity index (χ0) is 17.9. The fourth-order valence-electron chi connectivity index (χ4n) is 3.27. The molecule has 0 aliphatic carbocycles. The zero-order valence-corrected chi connectivity index (χ0v) is 14.0. The van der Waals surface area contributed by atoms with Gasteiger partial charge in [0.15, 0.2) is 6.10 Å². The number of carbonyl (C=O) groups excluding carboxylic acids is 2. The van der Waals surface area contributed by atoms with Crippen LogP contribution < -0.4 is 0 Å². The maximum atomic E-state index is 13.0. The Balaban J connectivity index is 1.79. The van der Waals surface area contributed by atoms with Gasteiger partial charge in [0.2, 0.25) is 0 Å². The highest BCUT2D eigenvalue weighted by Gasteiger charge is 2.47. The summed E-state index contributed by atoms with van der Waals surface area (Å²) in [5, 5.41) is 0. The van der Waals surface area contributed by atoms with E-state index in [2.05, 4.69) is 0 Å². The molecule has 0 saturated carbocycles. The van der Waals surface area contributed by atoms with E-state index in [9.17, 15) is 9.59 Å². The molecule has 2 unspecified atom stereocenters. The zero-order valence-electron chi connectivity index (χ0n) is 14.0. The molecule has 0 radical (unpaired) electrons. The number of cyclic esters (lactones) is 1. The van der Waals surface area contributed by atoms with E-state index in [0.717, 1.165) is 11.1 Å². The lowest BCUT2D eigenvalue weighted by Gasteiger charge is -2.24. The first-order valence-corrected chi connectivity index (χ1v) is 8.45. The summed E-state index contributed by atoms with van der Waals surface area (Å²) in [6, 6.07) is 27.3. The van der Waals surface area contributed by atoms with Gasteiger partial charge in [0.05, 0.1) is 0 Å². The number of amides is 2. The largest absolute Gasteiger partial charge is 0.438 e. The van der Waals surface area contributed by atoms with E-state index >= 15 is 0 Å². The lowest BCUT2D eigenvalue weighted by Crippen LogP contribution is -2.34. The summed E-state index contributed by atoms with van der Waals surface area (Å²) in [6.45, 7) is 0. The van der Waals surface area contributed by atoms with Gasteiger partial charge in [-0.25, -0.2) is 9.69 Å². The molecule has 3 aromatic carbocycles. The summed E-state index contributed by atoms with van der Waals surface area (Å²) in [4.78, 5) is 26.9. The van der Waals surface area contributed by atoms with Crippen LogP contribution in [0.15, 0.2) is 91.0 Å². The number of rotatable bonds is 3. The van der Waals surface area contributed by atoms with Crippen molar-refractivity contribution in [2.24, 2.45) is 0 Å². The predicted molar refractivity (Wildman–Crippen MR) is 97.5 cm³/mol. The standard InChI is InChI=1S/C22H17NO3/c24-21(18-14-8-3-9-15-18)23-19(16-10-4-1-5-11-16)20(26-22(23)25)17-12-6-2-7-13-17/h1-15,19-20H. The van der Waals surface area contributed by atoms with Crippen LogP contribution in [0.25, 0.3) is 0 Å². The molecule has 1 aliphatic heterocycles. The van der Waals surface area contributed by atoms with Gasteiger partial charge in [-0.1, -0.05) is 78.9 Å². The van der Waals surface area contributed by atoms with Crippen LogP contribution in [0.5, 0.6) is 0 Å². The molecule has 2 amide bonds. The Morgan fingerprint density at radius 2 is 1.23 bits per heavy atom. The van der Waals surface area contributed by atoms with Crippen molar-refractivity contribution in [1.29, 1.82) is 0 Å². The number of carbonyl (C=O) groups is 2. The second-order valence-electron chi connectivity index (χ2n) is 6.11. The summed E-state index contributed by atoms with van der Waals surface area (Å²) in [7, 11) is 0. The predicted octanol–water partition coefficient (Wildman–Crippen LogP) is 4.76. The third-order valence-electron chi connectivity index (χ3n) is 4.50. The molecule has 1 fully saturated rings. The highest BCUT2D eigenvalue weighted by molar-refractivity contribution is 6.04. The summed E-state index contributed by atoms with van der Waals surface area (Å²) in [6.07, 6.45) is -1.17. The van der Waals surface area contributed by atoms with Gasteiger partial charge in [0.25, 0.3) is 5.91 Å². The Morgan fingerprint density at radius 3 is 1.81 bits per heavy atom. The Bertz CT molecular complexity index is 910. The first-order valence-electron chi connectivity index (χ1n) is 8.45. The van der Waals surface area contributed by atoms with Crippen LogP contribution in [0.2, 0.25) is 0 Å². The van der Waals surface area contributed by atoms with Gasteiger partial charge in [0.1, 0.15) is 6.04 Å². The summed E-state index contributed by atoms with van der Waals surface area (Å²) >= 11 is 0. The van der Waals surface area contributed by atoms with Gasteiger partial charge in [0, 0.05) is 5.56 Å². The van der Waals surface area contributed by atoms with Crippen molar-refractivity contribution in [2.45, 2.75) is 12.1 Å². The van der Waals surface area contributed by atoms with Crippen LogP contribution in [0.4, 0.5) is 4.79 Å². The van der Waals surface area contributed by atoms with Crippen molar-refractivity contribution in [2.75, 3.05) is 0 Å². The highest BCUT2D eigenvalue weighted by Crippen LogP contribution is 2.43. The van der Waals surface area contributed by atoms with Crippen LogP contribution in [0.3, 0.4) is 0 Å². The van der Waals surface area contributed by atoms with Crippen LogP contribution in [0.1, 0.15) is 33.6 Å². The minimum absolute atomic E-state index is 0.358. The minimum atomic E-state index is -0.624. The molecule has 4 heteroatoms. The molecule has 128 valence electrons. The molecule has 0 spiro atoms. The van der Waals surface area contributed by atoms with E-state index < -0.39 is 18.2 Å². The molecule has 0 N–H and O–H groups in total. The molecule has 4 rings (SSSR count). The molecule has 0 aromatic heterocycles. The lowest BCUT2D eigenvalue weighted by atomic mass is 9.95. The van der Waals surface area contributed by atoms with Gasteiger partial charge < -0.3 is 4.74 Å². The van der Waals surface area contributed by atoms with E-state index in [1.165, 1.54) is 4.90 Å². The number of hydrogen-bond acceptors (Lipinski definition) is 3. The maximum Gasteiger partial charge on any atom is 0.418 e. The molecule has 1 saturated heterocycles. The number of nitrogens with zero attached hydrogens (tertiary/aromatic N) is 1. The first-order chi connectivity index (χ1) is 12.8. The molecule has 1 heterocycles. The molecular formula is C22H17NO3. The maximum absolute atomic E-state index is 13.0. The van der Waals surface area contributed by atoms with Crippen molar-refractivity contribution in [3.8, 4) is 0 Å². The van der Waals surface area contributed by atoms with Crippen LogP contribution in [-0.4, -0.2) is 16.9 Å². The van der Waals surface area contributed by atoms with E-state index in [-0.39, 0.29) is 5.91 Å². The third-order valence-corrected chi connectivity index (χ3v) is 4.50. The number of imide groups is 1. The second kappa shape index (κ2) is 6.84. The van der Waals surface area contributed by atoms with Gasteiger partial charge in [-0.15, -0.1) is 0 Å². The average molecular weight is 343 g/mol. The normalized spacial score (nSPS) is 19.2. The lowest BCUT2D eigenvalue weighted by molar-refractivity contribution is 0.0772. The van der Waals surface area contributed by atoms with Crippen molar-refractivity contribution in [1.82, 2.24) is 4.90 Å². The van der Waals surface area contributed by atoms with E-state index in [1.54, 1.807) is 24.3 Å². The quantitative estimate of drug-likeness (QED) is 0.689. The van der Waals surface area contributed by atoms with Gasteiger partial charge in [-0.3, -0.25) is 4.79 Å². The number of ether oxygens (including phenoxy) is 1. The highest BCUT2D eigenvalue weighted by atomic mass is 16.6. The van der Waals surface area contributed by atoms with E-state index in [1.807, 2.05) is 66.7 Å². The molecule has 0 bridgehead atoms. The van der Waals surface area contributed by atoms with Crippen molar-refractivity contribution >= 4 is 12.0 Å². The third kappa shape index (κ3) is 2.86. The summed E-state index contributed by atoms with van der Waals surface area (Å²) < 4.78 is 5.64. The van der Waals surface area contributed by atoms with E-state index in [0.29, 0.717) is 5.56 Å². The monoisotopic (exact) mass is 343 g/mol.